The van der Waals surface area contributed by atoms with Crippen LogP contribution in [0.15, 0.2) is 11.6 Å². The molecule has 0 aromatic carbocycles. The summed E-state index contributed by atoms with van der Waals surface area (Å²) < 4.78 is 5.60. The lowest BCUT2D eigenvalue weighted by atomic mass is 9.90. The first-order valence-electron chi connectivity index (χ1n) is 5.35. The van der Waals surface area contributed by atoms with E-state index in [4.69, 9.17) is 4.74 Å². The first kappa shape index (κ1) is 13.4. The van der Waals surface area contributed by atoms with Crippen LogP contribution < -0.4 is 0 Å². The Morgan fingerprint density at radius 1 is 1.21 bits per heavy atom. The Morgan fingerprint density at radius 2 is 1.71 bits per heavy atom. The fourth-order valence-corrected chi connectivity index (χ4v) is 1.54. The van der Waals surface area contributed by atoms with Crippen LogP contribution in [0.5, 0.6) is 0 Å². The van der Waals surface area contributed by atoms with E-state index < -0.39 is 5.60 Å². The van der Waals surface area contributed by atoms with Crippen LogP contribution in [-0.4, -0.2) is 18.0 Å². The van der Waals surface area contributed by atoms with Crippen LogP contribution in [0.25, 0.3) is 0 Å². The molecule has 2 nitrogen and oxygen atoms in total. The highest BCUT2D eigenvalue weighted by molar-refractivity contribution is 5.97. The molecule has 14 heavy (non-hydrogen) atoms. The number of hydrogen-bond donors (Lipinski definition) is 0. The van der Waals surface area contributed by atoms with Gasteiger partial charge in [-0.15, -0.1) is 0 Å². The fourth-order valence-electron chi connectivity index (χ4n) is 1.54. The van der Waals surface area contributed by atoms with Gasteiger partial charge < -0.3 is 4.74 Å². The average molecular weight is 198 g/mol. The smallest absolute Gasteiger partial charge is 0.187 e. The average Bonchev–Trinajstić information content (AvgIpc) is 2.13. The Bertz CT molecular complexity index is 208. The monoisotopic (exact) mass is 198 g/mol. The number of carbonyl (C=O) groups excluding carboxylic acids is 1. The lowest BCUT2D eigenvalue weighted by Gasteiger charge is -2.28. The van der Waals surface area contributed by atoms with Crippen LogP contribution in [0.2, 0.25) is 0 Å². The van der Waals surface area contributed by atoms with Crippen LogP contribution in [0.1, 0.15) is 47.5 Å². The highest BCUT2D eigenvalue weighted by Crippen LogP contribution is 2.22. The van der Waals surface area contributed by atoms with Crippen molar-refractivity contribution >= 4 is 5.78 Å². The molecule has 82 valence electrons. The van der Waals surface area contributed by atoms with Crippen molar-refractivity contribution in [2.24, 2.45) is 0 Å². The standard InChI is InChI=1S/C12H22O2/c1-6-12(7-2,14-8-3)11(13)9-10(4)5/h9H,6-8H2,1-5H3. The number of hydrogen-bond acceptors (Lipinski definition) is 2. The third-order valence-corrected chi connectivity index (χ3v) is 2.43. The van der Waals surface area contributed by atoms with Gasteiger partial charge in [0.15, 0.2) is 5.78 Å². The van der Waals surface area contributed by atoms with Gasteiger partial charge >= 0.3 is 0 Å². The maximum Gasteiger partial charge on any atom is 0.187 e. The zero-order valence-electron chi connectivity index (χ0n) is 10.0. The van der Waals surface area contributed by atoms with Crippen LogP contribution in [-0.2, 0) is 9.53 Å². The molecule has 0 aliphatic heterocycles. The van der Waals surface area contributed by atoms with Crippen molar-refractivity contribution < 1.29 is 9.53 Å². The molecule has 0 bridgehead atoms. The Morgan fingerprint density at radius 3 is 2.00 bits per heavy atom. The van der Waals surface area contributed by atoms with E-state index in [9.17, 15) is 4.79 Å². The molecular formula is C12H22O2. The molecule has 0 aromatic rings. The highest BCUT2D eigenvalue weighted by atomic mass is 16.5. The largest absolute Gasteiger partial charge is 0.367 e. The van der Waals surface area contributed by atoms with E-state index >= 15 is 0 Å². The maximum absolute atomic E-state index is 11.9. The summed E-state index contributed by atoms with van der Waals surface area (Å²) in [7, 11) is 0. The topological polar surface area (TPSA) is 26.3 Å². The second-order valence-corrected chi connectivity index (χ2v) is 3.72. The third kappa shape index (κ3) is 3.26. The van der Waals surface area contributed by atoms with Gasteiger partial charge in [0.2, 0.25) is 0 Å². The molecule has 0 saturated carbocycles. The van der Waals surface area contributed by atoms with E-state index in [1.165, 1.54) is 0 Å². The molecule has 0 fully saturated rings. The summed E-state index contributed by atoms with van der Waals surface area (Å²) in [5, 5.41) is 0. The number of allylic oxidation sites excluding steroid dienone is 1. The van der Waals surface area contributed by atoms with Crippen molar-refractivity contribution in [2.75, 3.05) is 6.61 Å². The summed E-state index contributed by atoms with van der Waals surface area (Å²) >= 11 is 0. The van der Waals surface area contributed by atoms with Crippen LogP contribution in [0.3, 0.4) is 0 Å². The summed E-state index contributed by atoms with van der Waals surface area (Å²) in [6, 6.07) is 0. The lowest BCUT2D eigenvalue weighted by molar-refractivity contribution is -0.140. The van der Waals surface area contributed by atoms with Crippen molar-refractivity contribution in [1.29, 1.82) is 0 Å². The second-order valence-electron chi connectivity index (χ2n) is 3.72. The SMILES string of the molecule is CCOC(CC)(CC)C(=O)C=C(C)C. The first-order chi connectivity index (χ1) is 6.52. The number of carbonyl (C=O) groups is 1. The highest BCUT2D eigenvalue weighted by Gasteiger charge is 2.33. The molecule has 0 radical (unpaired) electrons. The van der Waals surface area contributed by atoms with E-state index in [0.29, 0.717) is 6.61 Å². The third-order valence-electron chi connectivity index (χ3n) is 2.43. The van der Waals surface area contributed by atoms with Crippen molar-refractivity contribution in [3.05, 3.63) is 11.6 Å². The molecule has 0 aliphatic rings. The maximum atomic E-state index is 11.9. The summed E-state index contributed by atoms with van der Waals surface area (Å²) in [6.07, 6.45) is 3.16. The first-order valence-corrected chi connectivity index (χ1v) is 5.35. The minimum atomic E-state index is -0.591. The molecule has 0 unspecified atom stereocenters. The van der Waals surface area contributed by atoms with E-state index in [2.05, 4.69) is 0 Å². The van der Waals surface area contributed by atoms with Crippen molar-refractivity contribution in [3.8, 4) is 0 Å². The Balaban J connectivity index is 4.79. The van der Waals surface area contributed by atoms with Gasteiger partial charge in [0, 0.05) is 6.61 Å². The predicted molar refractivity (Wildman–Crippen MR) is 59.4 cm³/mol. The molecule has 2 heteroatoms. The quantitative estimate of drug-likeness (QED) is 0.613. The van der Waals surface area contributed by atoms with E-state index in [1.807, 2.05) is 34.6 Å². The van der Waals surface area contributed by atoms with Gasteiger partial charge in [-0.1, -0.05) is 19.4 Å². The van der Waals surface area contributed by atoms with Gasteiger partial charge in [-0.05, 0) is 39.7 Å². The molecule has 0 amide bonds. The molecular weight excluding hydrogens is 176 g/mol. The number of rotatable bonds is 6. The Kier molecular flexibility index (Phi) is 5.70. The summed E-state index contributed by atoms with van der Waals surface area (Å²) in [6.45, 7) is 10.4. The molecule has 0 N–H and O–H groups in total. The molecule has 0 spiro atoms. The molecule has 0 rings (SSSR count). The number of ether oxygens (including phenoxy) is 1. The minimum absolute atomic E-state index is 0.101. The zero-order chi connectivity index (χ0) is 11.2. The second kappa shape index (κ2) is 5.97. The summed E-state index contributed by atoms with van der Waals surface area (Å²) in [4.78, 5) is 11.9. The fraction of sp³-hybridized carbons (Fsp3) is 0.750. The van der Waals surface area contributed by atoms with Crippen molar-refractivity contribution in [2.45, 2.75) is 53.1 Å². The molecule has 0 saturated heterocycles. The van der Waals surface area contributed by atoms with Gasteiger partial charge in [-0.2, -0.15) is 0 Å². The Labute approximate surface area is 87.3 Å². The minimum Gasteiger partial charge on any atom is -0.367 e. The van der Waals surface area contributed by atoms with Gasteiger partial charge in [0.1, 0.15) is 5.60 Å². The van der Waals surface area contributed by atoms with E-state index in [-0.39, 0.29) is 5.78 Å². The predicted octanol–water partition coefficient (Wildman–Crippen LogP) is 3.12. The zero-order valence-corrected chi connectivity index (χ0v) is 10.0. The van der Waals surface area contributed by atoms with Crippen LogP contribution in [0, 0.1) is 0 Å². The van der Waals surface area contributed by atoms with Gasteiger partial charge in [-0.3, -0.25) is 4.79 Å². The normalized spacial score (nSPS) is 11.2. The van der Waals surface area contributed by atoms with Crippen LogP contribution in [0.4, 0.5) is 0 Å². The number of ketones is 1. The van der Waals surface area contributed by atoms with Crippen molar-refractivity contribution in [3.63, 3.8) is 0 Å². The summed E-state index contributed by atoms with van der Waals surface area (Å²) in [5.74, 6) is 0.101. The van der Waals surface area contributed by atoms with Gasteiger partial charge in [-0.25, -0.2) is 0 Å². The molecule has 0 heterocycles. The van der Waals surface area contributed by atoms with Crippen LogP contribution >= 0.6 is 0 Å². The summed E-state index contributed by atoms with van der Waals surface area (Å²) in [5.41, 5.74) is 0.437. The molecule has 0 aromatic heterocycles. The van der Waals surface area contributed by atoms with E-state index in [1.54, 1.807) is 6.08 Å². The Hall–Kier alpha value is -0.630. The lowest BCUT2D eigenvalue weighted by Crippen LogP contribution is -2.39. The van der Waals surface area contributed by atoms with Gasteiger partial charge in [0.25, 0.3) is 0 Å². The van der Waals surface area contributed by atoms with Gasteiger partial charge in [0.05, 0.1) is 0 Å². The van der Waals surface area contributed by atoms with E-state index in [0.717, 1.165) is 18.4 Å². The van der Waals surface area contributed by atoms with Crippen molar-refractivity contribution in [1.82, 2.24) is 0 Å². The molecule has 0 atom stereocenters. The molecule has 0 aliphatic carbocycles.